The summed E-state index contributed by atoms with van der Waals surface area (Å²) in [6.07, 6.45) is 3.34. The lowest BCUT2D eigenvalue weighted by Gasteiger charge is -2.08. The van der Waals surface area contributed by atoms with Gasteiger partial charge >= 0.3 is 0 Å². The lowest BCUT2D eigenvalue weighted by Crippen LogP contribution is -2.15. The Kier molecular flexibility index (Phi) is 4.03. The number of aromatic nitrogens is 1. The molecule has 0 fully saturated rings. The molecule has 0 bridgehead atoms. The van der Waals surface area contributed by atoms with Crippen molar-refractivity contribution < 1.29 is 0 Å². The number of para-hydroxylation sites is 1. The molecule has 0 amide bonds. The summed E-state index contributed by atoms with van der Waals surface area (Å²) in [5, 5.41) is 1.33. The first kappa shape index (κ1) is 14.9. The Bertz CT molecular complexity index is 791. The van der Waals surface area contributed by atoms with E-state index in [1.165, 1.54) is 27.7 Å². The molecule has 0 aliphatic heterocycles. The number of allylic oxidation sites excluding steroid dienone is 1. The second-order valence-electron chi connectivity index (χ2n) is 6.86. The highest BCUT2D eigenvalue weighted by molar-refractivity contribution is 6.80. The predicted molar refractivity (Wildman–Crippen MR) is 99.9 cm³/mol. The number of aromatic amines is 1. The van der Waals surface area contributed by atoms with Crippen LogP contribution in [0.4, 0.5) is 0 Å². The molecule has 112 valence electrons. The summed E-state index contributed by atoms with van der Waals surface area (Å²) in [6, 6.07) is 19.2. The third kappa shape index (κ3) is 3.23. The number of benzene rings is 2. The van der Waals surface area contributed by atoms with E-state index >= 15 is 0 Å². The highest BCUT2D eigenvalue weighted by Gasteiger charge is 2.12. The molecule has 22 heavy (non-hydrogen) atoms. The highest BCUT2D eigenvalue weighted by Crippen LogP contribution is 2.30. The fourth-order valence-corrected chi connectivity index (χ4v) is 3.62. The molecular formula is C20H23NSi. The van der Waals surface area contributed by atoms with Crippen molar-refractivity contribution in [2.75, 3.05) is 0 Å². The predicted octanol–water partition coefficient (Wildman–Crippen LogP) is 5.81. The molecule has 3 rings (SSSR count). The maximum Gasteiger partial charge on any atom is 0.0683 e. The van der Waals surface area contributed by atoms with E-state index in [1.807, 2.05) is 0 Å². The van der Waals surface area contributed by atoms with Gasteiger partial charge in [-0.2, -0.15) is 0 Å². The van der Waals surface area contributed by atoms with E-state index in [2.05, 4.69) is 91.0 Å². The fourth-order valence-electron chi connectivity index (χ4n) is 2.79. The van der Waals surface area contributed by atoms with Crippen molar-refractivity contribution in [1.29, 1.82) is 0 Å². The Morgan fingerprint density at radius 3 is 2.32 bits per heavy atom. The van der Waals surface area contributed by atoms with E-state index < -0.39 is 8.07 Å². The van der Waals surface area contributed by atoms with Crippen LogP contribution in [-0.2, 0) is 6.42 Å². The Morgan fingerprint density at radius 1 is 0.909 bits per heavy atom. The number of hydrogen-bond donors (Lipinski definition) is 1. The lowest BCUT2D eigenvalue weighted by atomic mass is 10.0. The molecule has 0 saturated carbocycles. The number of hydrogen-bond acceptors (Lipinski definition) is 0. The highest BCUT2D eigenvalue weighted by atomic mass is 28.3. The second kappa shape index (κ2) is 5.97. The van der Waals surface area contributed by atoms with Crippen LogP contribution in [0.1, 0.15) is 5.56 Å². The SMILES string of the molecule is C[Si](C)(C)/C=C/Cc1c(-c2ccccc2)[nH]c2ccccc12. The second-order valence-corrected chi connectivity index (χ2v) is 11.9. The van der Waals surface area contributed by atoms with Gasteiger partial charge in [0.05, 0.1) is 13.8 Å². The largest absolute Gasteiger partial charge is 0.354 e. The van der Waals surface area contributed by atoms with Gasteiger partial charge in [-0.3, -0.25) is 0 Å². The normalized spacial score (nSPS) is 12.3. The van der Waals surface area contributed by atoms with Gasteiger partial charge < -0.3 is 4.98 Å². The summed E-state index contributed by atoms with van der Waals surface area (Å²) >= 11 is 0. The minimum atomic E-state index is -1.15. The van der Waals surface area contributed by atoms with Crippen LogP contribution in [0.2, 0.25) is 19.6 Å². The van der Waals surface area contributed by atoms with Gasteiger partial charge in [-0.1, -0.05) is 79.9 Å². The summed E-state index contributed by atoms with van der Waals surface area (Å²) in [5.41, 5.74) is 7.56. The van der Waals surface area contributed by atoms with E-state index in [4.69, 9.17) is 0 Å². The Morgan fingerprint density at radius 2 is 1.59 bits per heavy atom. The Balaban J connectivity index is 2.08. The molecule has 0 aliphatic carbocycles. The summed E-state index contributed by atoms with van der Waals surface area (Å²) in [6.45, 7) is 7.12. The van der Waals surface area contributed by atoms with Crippen molar-refractivity contribution in [3.05, 3.63) is 71.9 Å². The number of rotatable bonds is 4. The van der Waals surface area contributed by atoms with Crippen LogP contribution in [0, 0.1) is 0 Å². The van der Waals surface area contributed by atoms with Crippen molar-refractivity contribution in [1.82, 2.24) is 4.98 Å². The molecule has 0 spiro atoms. The molecule has 0 aliphatic rings. The molecule has 1 N–H and O–H groups in total. The van der Waals surface area contributed by atoms with Gasteiger partial charge in [-0.25, -0.2) is 0 Å². The van der Waals surface area contributed by atoms with Crippen LogP contribution in [0.15, 0.2) is 66.4 Å². The van der Waals surface area contributed by atoms with E-state index in [-0.39, 0.29) is 0 Å². The van der Waals surface area contributed by atoms with Crippen LogP contribution < -0.4 is 0 Å². The van der Waals surface area contributed by atoms with Crippen LogP contribution in [0.5, 0.6) is 0 Å². The zero-order valence-electron chi connectivity index (χ0n) is 13.6. The van der Waals surface area contributed by atoms with Crippen LogP contribution in [-0.4, -0.2) is 13.1 Å². The fraction of sp³-hybridized carbons (Fsp3) is 0.200. The van der Waals surface area contributed by atoms with Crippen molar-refractivity contribution in [3.8, 4) is 11.3 Å². The average molecular weight is 305 g/mol. The summed E-state index contributed by atoms with van der Waals surface area (Å²) in [7, 11) is -1.15. The number of H-pyrrole nitrogens is 1. The topological polar surface area (TPSA) is 15.8 Å². The quantitative estimate of drug-likeness (QED) is 0.585. The van der Waals surface area contributed by atoms with Crippen molar-refractivity contribution >= 4 is 19.0 Å². The smallest absolute Gasteiger partial charge is 0.0683 e. The van der Waals surface area contributed by atoms with Crippen LogP contribution in [0.3, 0.4) is 0 Å². The van der Waals surface area contributed by atoms with Gasteiger partial charge in [0, 0.05) is 10.9 Å². The third-order valence-electron chi connectivity index (χ3n) is 3.82. The molecule has 0 radical (unpaired) electrons. The molecule has 1 heterocycles. The molecule has 0 saturated heterocycles. The summed E-state index contributed by atoms with van der Waals surface area (Å²) in [4.78, 5) is 3.61. The first-order chi connectivity index (χ1) is 10.5. The van der Waals surface area contributed by atoms with Gasteiger partial charge in [0.2, 0.25) is 0 Å². The summed E-state index contributed by atoms with van der Waals surface area (Å²) < 4.78 is 0. The monoisotopic (exact) mass is 305 g/mol. The Hall–Kier alpha value is -2.06. The van der Waals surface area contributed by atoms with Crippen molar-refractivity contribution in [2.45, 2.75) is 26.1 Å². The third-order valence-corrected chi connectivity index (χ3v) is 5.05. The minimum Gasteiger partial charge on any atom is -0.354 e. The van der Waals surface area contributed by atoms with Crippen LogP contribution >= 0.6 is 0 Å². The van der Waals surface area contributed by atoms with E-state index in [0.29, 0.717) is 0 Å². The summed E-state index contributed by atoms with van der Waals surface area (Å²) in [5.74, 6) is 0. The molecule has 0 unspecified atom stereocenters. The average Bonchev–Trinajstić information content (AvgIpc) is 2.86. The van der Waals surface area contributed by atoms with Gasteiger partial charge in [-0.05, 0) is 23.6 Å². The number of nitrogens with one attached hydrogen (secondary N) is 1. The number of fused-ring (bicyclic) bond motifs is 1. The molecule has 2 heteroatoms. The molecule has 1 nitrogen and oxygen atoms in total. The molecule has 0 atom stereocenters. The zero-order chi connectivity index (χ0) is 15.6. The molecular weight excluding hydrogens is 282 g/mol. The molecule has 3 aromatic rings. The van der Waals surface area contributed by atoms with Crippen molar-refractivity contribution in [3.63, 3.8) is 0 Å². The Labute approximate surface area is 133 Å². The van der Waals surface area contributed by atoms with E-state index in [1.54, 1.807) is 0 Å². The maximum atomic E-state index is 3.61. The lowest BCUT2D eigenvalue weighted by molar-refractivity contribution is 1.29. The van der Waals surface area contributed by atoms with Crippen LogP contribution in [0.25, 0.3) is 22.2 Å². The van der Waals surface area contributed by atoms with E-state index in [9.17, 15) is 0 Å². The van der Waals surface area contributed by atoms with Gasteiger partial charge in [0.25, 0.3) is 0 Å². The zero-order valence-corrected chi connectivity index (χ0v) is 14.6. The minimum absolute atomic E-state index is 0.985. The maximum absolute atomic E-state index is 3.61. The van der Waals surface area contributed by atoms with Gasteiger partial charge in [0.15, 0.2) is 0 Å². The van der Waals surface area contributed by atoms with E-state index in [0.717, 1.165) is 6.42 Å². The first-order valence-electron chi connectivity index (χ1n) is 7.87. The first-order valence-corrected chi connectivity index (χ1v) is 11.4. The van der Waals surface area contributed by atoms with Gasteiger partial charge in [0.1, 0.15) is 0 Å². The standard InChI is InChI=1S/C20H23NSi/c1-22(2,3)15-9-13-18-17-12-7-8-14-19(17)21-20(18)16-10-5-4-6-11-16/h4-12,14-15,21H,13H2,1-3H3/b15-9+. The molecule has 2 aromatic carbocycles. The van der Waals surface area contributed by atoms with Crippen molar-refractivity contribution in [2.24, 2.45) is 0 Å². The van der Waals surface area contributed by atoms with Gasteiger partial charge in [-0.15, -0.1) is 0 Å². The molecule has 1 aromatic heterocycles.